The molecule has 0 spiro atoms. The zero-order valence-corrected chi connectivity index (χ0v) is 14.3. The molecule has 0 unspecified atom stereocenters. The molecule has 0 aliphatic carbocycles. The summed E-state index contributed by atoms with van der Waals surface area (Å²) >= 11 is 3.47. The third kappa shape index (κ3) is 4.51. The second-order valence-electron chi connectivity index (χ2n) is 5.54. The van der Waals surface area contributed by atoms with Gasteiger partial charge >= 0.3 is 0 Å². The molecule has 2 aromatic carbocycles. The lowest BCUT2D eigenvalue weighted by atomic mass is 10.0. The number of ketones is 1. The minimum absolute atomic E-state index is 0.175. The van der Waals surface area contributed by atoms with Crippen molar-refractivity contribution in [3.05, 3.63) is 69.2 Å². The molecule has 21 heavy (non-hydrogen) atoms. The summed E-state index contributed by atoms with van der Waals surface area (Å²) in [5.74, 6) is 0.175. The summed E-state index contributed by atoms with van der Waals surface area (Å²) in [4.78, 5) is 14.5. The van der Waals surface area contributed by atoms with Crippen LogP contribution in [0.4, 0.5) is 0 Å². The number of halogens is 1. The lowest BCUT2D eigenvalue weighted by Gasteiger charge is -2.17. The van der Waals surface area contributed by atoms with Gasteiger partial charge in [0.25, 0.3) is 0 Å². The Hall–Kier alpha value is -1.45. The maximum absolute atomic E-state index is 12.4. The van der Waals surface area contributed by atoms with Crippen LogP contribution >= 0.6 is 15.9 Å². The van der Waals surface area contributed by atoms with Gasteiger partial charge in [0.1, 0.15) is 0 Å². The molecule has 0 aromatic heterocycles. The van der Waals surface area contributed by atoms with Crippen LogP contribution in [0.1, 0.15) is 27.0 Å². The number of carbonyl (C=O) groups excluding carboxylic acids is 1. The third-order valence-electron chi connectivity index (χ3n) is 3.45. The van der Waals surface area contributed by atoms with Gasteiger partial charge in [-0.15, -0.1) is 0 Å². The van der Waals surface area contributed by atoms with Crippen LogP contribution in [-0.4, -0.2) is 24.3 Å². The smallest absolute Gasteiger partial charge is 0.177 e. The van der Waals surface area contributed by atoms with E-state index in [-0.39, 0.29) is 5.78 Å². The quantitative estimate of drug-likeness (QED) is 0.749. The molecule has 3 heteroatoms. The third-order valence-corrected chi connectivity index (χ3v) is 3.94. The Morgan fingerprint density at radius 2 is 1.90 bits per heavy atom. The fourth-order valence-electron chi connectivity index (χ4n) is 2.37. The van der Waals surface area contributed by atoms with Gasteiger partial charge < -0.3 is 0 Å². The Kier molecular flexibility index (Phi) is 5.32. The molecule has 0 atom stereocenters. The normalized spacial score (nSPS) is 10.9. The van der Waals surface area contributed by atoms with Gasteiger partial charge in [0.05, 0.1) is 6.54 Å². The summed E-state index contributed by atoms with van der Waals surface area (Å²) in [5, 5.41) is 0. The molecule has 0 N–H and O–H groups in total. The van der Waals surface area contributed by atoms with Gasteiger partial charge in [0.15, 0.2) is 5.78 Å². The highest BCUT2D eigenvalue weighted by Gasteiger charge is 2.12. The highest BCUT2D eigenvalue weighted by Crippen LogP contribution is 2.15. The van der Waals surface area contributed by atoms with Crippen molar-refractivity contribution in [1.29, 1.82) is 0 Å². The zero-order chi connectivity index (χ0) is 15.4. The summed E-state index contributed by atoms with van der Waals surface area (Å²) < 4.78 is 1.06. The molecule has 0 saturated heterocycles. The van der Waals surface area contributed by atoms with E-state index in [1.165, 1.54) is 5.56 Å². The maximum Gasteiger partial charge on any atom is 0.177 e. The Bertz CT molecular complexity index is 651. The first-order valence-corrected chi connectivity index (χ1v) is 7.78. The molecule has 0 aliphatic rings. The molecule has 2 nitrogen and oxygen atoms in total. The predicted octanol–water partition coefficient (Wildman–Crippen LogP) is 4.38. The summed E-state index contributed by atoms with van der Waals surface area (Å²) in [6, 6.07) is 14.2. The molecule has 110 valence electrons. The molecule has 0 bridgehead atoms. The van der Waals surface area contributed by atoms with Gasteiger partial charge in [-0.2, -0.15) is 0 Å². The van der Waals surface area contributed by atoms with Gasteiger partial charge in [-0.3, -0.25) is 9.69 Å². The number of nitrogens with zero attached hydrogens (tertiary/aromatic N) is 1. The average molecular weight is 346 g/mol. The standard InChI is InChI=1S/C18H20BrNO/c1-13-7-8-14(2)17(9-13)18(21)12-20(3)11-15-5-4-6-16(19)10-15/h4-10H,11-12H2,1-3H3. The van der Waals surface area contributed by atoms with Gasteiger partial charge in [-0.05, 0) is 50.2 Å². The van der Waals surface area contributed by atoms with Crippen molar-refractivity contribution in [1.82, 2.24) is 4.90 Å². The highest BCUT2D eigenvalue weighted by molar-refractivity contribution is 9.10. The van der Waals surface area contributed by atoms with Gasteiger partial charge in [-0.1, -0.05) is 45.8 Å². The molecule has 0 fully saturated rings. The van der Waals surface area contributed by atoms with Crippen LogP contribution < -0.4 is 0 Å². The Morgan fingerprint density at radius 1 is 1.14 bits per heavy atom. The van der Waals surface area contributed by atoms with Crippen LogP contribution in [0.15, 0.2) is 46.9 Å². The van der Waals surface area contributed by atoms with E-state index in [9.17, 15) is 4.79 Å². The molecule has 2 aromatic rings. The van der Waals surface area contributed by atoms with Crippen molar-refractivity contribution in [3.8, 4) is 0 Å². The van der Waals surface area contributed by atoms with E-state index < -0.39 is 0 Å². The van der Waals surface area contributed by atoms with Crippen molar-refractivity contribution in [3.63, 3.8) is 0 Å². The number of aryl methyl sites for hydroxylation is 2. The van der Waals surface area contributed by atoms with Crippen LogP contribution in [0, 0.1) is 13.8 Å². The summed E-state index contributed by atoms with van der Waals surface area (Å²) in [7, 11) is 1.98. The first-order valence-electron chi connectivity index (χ1n) is 6.99. The van der Waals surface area contributed by atoms with Crippen LogP contribution in [0.25, 0.3) is 0 Å². The van der Waals surface area contributed by atoms with E-state index in [1.807, 2.05) is 56.1 Å². The van der Waals surface area contributed by atoms with Crippen molar-refractivity contribution in [2.45, 2.75) is 20.4 Å². The monoisotopic (exact) mass is 345 g/mol. The zero-order valence-electron chi connectivity index (χ0n) is 12.7. The number of hydrogen-bond donors (Lipinski definition) is 0. The van der Waals surface area contributed by atoms with E-state index in [1.54, 1.807) is 0 Å². The molecular weight excluding hydrogens is 326 g/mol. The highest BCUT2D eigenvalue weighted by atomic mass is 79.9. The topological polar surface area (TPSA) is 20.3 Å². The lowest BCUT2D eigenvalue weighted by molar-refractivity contribution is 0.0942. The fraction of sp³-hybridized carbons (Fsp3) is 0.278. The van der Waals surface area contributed by atoms with E-state index in [4.69, 9.17) is 0 Å². The first-order chi connectivity index (χ1) is 9.95. The molecule has 0 saturated carbocycles. The number of likely N-dealkylation sites (N-methyl/N-ethyl adjacent to an activating group) is 1. The van der Waals surface area contributed by atoms with Crippen LogP contribution in [0.2, 0.25) is 0 Å². The van der Waals surface area contributed by atoms with Crippen LogP contribution in [0.3, 0.4) is 0 Å². The van der Waals surface area contributed by atoms with Crippen LogP contribution in [-0.2, 0) is 6.54 Å². The Labute approximate surface area is 134 Å². The van der Waals surface area contributed by atoms with Crippen LogP contribution in [0.5, 0.6) is 0 Å². The maximum atomic E-state index is 12.4. The van der Waals surface area contributed by atoms with Crippen molar-refractivity contribution in [2.24, 2.45) is 0 Å². The van der Waals surface area contributed by atoms with Gasteiger partial charge in [0, 0.05) is 16.6 Å². The molecule has 2 rings (SSSR count). The Morgan fingerprint density at radius 3 is 2.62 bits per heavy atom. The predicted molar refractivity (Wildman–Crippen MR) is 90.7 cm³/mol. The summed E-state index contributed by atoms with van der Waals surface area (Å²) in [5.41, 5.74) is 4.19. The SMILES string of the molecule is Cc1ccc(C)c(C(=O)CN(C)Cc2cccc(Br)c2)c1. The fourth-order valence-corrected chi connectivity index (χ4v) is 2.82. The first kappa shape index (κ1) is 15.9. The van der Waals surface area contributed by atoms with Crippen molar-refractivity contribution in [2.75, 3.05) is 13.6 Å². The minimum Gasteiger partial charge on any atom is -0.295 e. The second kappa shape index (κ2) is 7.01. The van der Waals surface area contributed by atoms with Gasteiger partial charge in [-0.25, -0.2) is 0 Å². The molecule has 0 radical (unpaired) electrons. The molecular formula is C18H20BrNO. The van der Waals surface area contributed by atoms with Gasteiger partial charge in [0.2, 0.25) is 0 Å². The number of Topliss-reactive ketones (excluding diaryl/α,β-unsaturated/α-hetero) is 1. The summed E-state index contributed by atoms with van der Waals surface area (Å²) in [6.45, 7) is 5.19. The van der Waals surface area contributed by atoms with E-state index in [0.29, 0.717) is 6.54 Å². The average Bonchev–Trinajstić information content (AvgIpc) is 2.41. The summed E-state index contributed by atoms with van der Waals surface area (Å²) in [6.07, 6.45) is 0. The second-order valence-corrected chi connectivity index (χ2v) is 6.46. The number of rotatable bonds is 5. The molecule has 0 aliphatic heterocycles. The number of benzene rings is 2. The largest absolute Gasteiger partial charge is 0.295 e. The number of carbonyl (C=O) groups is 1. The number of hydrogen-bond acceptors (Lipinski definition) is 2. The molecule has 0 amide bonds. The van der Waals surface area contributed by atoms with E-state index in [0.717, 1.165) is 27.7 Å². The Balaban J connectivity index is 2.03. The van der Waals surface area contributed by atoms with E-state index in [2.05, 4.69) is 28.1 Å². The lowest BCUT2D eigenvalue weighted by Crippen LogP contribution is -2.26. The minimum atomic E-state index is 0.175. The molecule has 0 heterocycles. The van der Waals surface area contributed by atoms with Crippen molar-refractivity contribution >= 4 is 21.7 Å². The van der Waals surface area contributed by atoms with E-state index >= 15 is 0 Å². The van der Waals surface area contributed by atoms with Crippen molar-refractivity contribution < 1.29 is 4.79 Å².